The van der Waals surface area contributed by atoms with Gasteiger partial charge in [-0.3, -0.25) is 0 Å². The molecule has 0 N–H and O–H groups in total. The lowest BCUT2D eigenvalue weighted by Gasteiger charge is -2.21. The minimum absolute atomic E-state index is 0.117. The predicted molar refractivity (Wildman–Crippen MR) is 41.1 cm³/mol. The zero-order valence-electron chi connectivity index (χ0n) is 7.59. The molecule has 1 rings (SSSR count). The van der Waals surface area contributed by atoms with Crippen molar-refractivity contribution in [2.75, 3.05) is 6.61 Å². The van der Waals surface area contributed by atoms with Crippen molar-refractivity contribution in [1.82, 2.24) is 0 Å². The van der Waals surface area contributed by atoms with Gasteiger partial charge in [-0.25, -0.2) is 0 Å². The molecule has 11 heavy (non-hydrogen) atoms. The largest absolute Gasteiger partial charge is 0.328 e. The maximum absolute atomic E-state index is 5.46. The van der Waals surface area contributed by atoms with Crippen molar-refractivity contribution in [1.29, 1.82) is 0 Å². The molecule has 2 atom stereocenters. The molecule has 0 radical (unpaired) electrons. The van der Waals surface area contributed by atoms with E-state index in [1.54, 1.807) is 6.92 Å². The third kappa shape index (κ3) is 1.92. The minimum Gasteiger partial charge on any atom is -0.328 e. The second kappa shape index (κ2) is 3.09. The number of hydrogen-bond acceptors (Lipinski definition) is 3. The molecule has 1 saturated heterocycles. The normalized spacial score (nSPS) is 36.0. The van der Waals surface area contributed by atoms with E-state index in [0.717, 1.165) is 0 Å². The van der Waals surface area contributed by atoms with Gasteiger partial charge in [-0.1, -0.05) is 0 Å². The Hall–Kier alpha value is -0.120. The van der Waals surface area contributed by atoms with Crippen LogP contribution in [0.4, 0.5) is 0 Å². The Morgan fingerprint density at radius 2 is 1.73 bits per heavy atom. The summed E-state index contributed by atoms with van der Waals surface area (Å²) in [5.74, 6) is -0.812. The van der Waals surface area contributed by atoms with E-state index >= 15 is 0 Å². The summed E-state index contributed by atoms with van der Waals surface area (Å²) >= 11 is 0. The van der Waals surface area contributed by atoms with Gasteiger partial charge in [0.25, 0.3) is 5.97 Å². The SMILES string of the molecule is CCOC1(C)O[C@@H](C)[C@H](C)O1. The fraction of sp³-hybridized carbons (Fsp3) is 1.00. The van der Waals surface area contributed by atoms with Gasteiger partial charge in [0.15, 0.2) is 0 Å². The fourth-order valence-electron chi connectivity index (χ4n) is 1.22. The Morgan fingerprint density at radius 1 is 1.27 bits per heavy atom. The lowest BCUT2D eigenvalue weighted by molar-refractivity contribution is -0.326. The van der Waals surface area contributed by atoms with Gasteiger partial charge in [0.05, 0.1) is 12.2 Å². The first kappa shape index (κ1) is 8.97. The van der Waals surface area contributed by atoms with Crippen molar-refractivity contribution < 1.29 is 14.2 Å². The Kier molecular flexibility index (Phi) is 2.52. The van der Waals surface area contributed by atoms with Crippen LogP contribution in [0.3, 0.4) is 0 Å². The summed E-state index contributed by atoms with van der Waals surface area (Å²) in [5.41, 5.74) is 0. The average Bonchev–Trinajstić information content (AvgIpc) is 2.08. The van der Waals surface area contributed by atoms with Crippen LogP contribution in [0.1, 0.15) is 27.7 Å². The fourth-order valence-corrected chi connectivity index (χ4v) is 1.22. The third-order valence-corrected chi connectivity index (χ3v) is 1.87. The van der Waals surface area contributed by atoms with E-state index in [1.165, 1.54) is 0 Å². The number of hydrogen-bond donors (Lipinski definition) is 0. The van der Waals surface area contributed by atoms with Gasteiger partial charge in [0.2, 0.25) is 0 Å². The highest BCUT2D eigenvalue weighted by molar-refractivity contribution is 4.71. The molecular formula is C8H16O3. The molecule has 0 aromatic carbocycles. The maximum Gasteiger partial charge on any atom is 0.280 e. The molecule has 0 saturated carbocycles. The summed E-state index contributed by atoms with van der Waals surface area (Å²) in [6.45, 7) is 8.29. The van der Waals surface area contributed by atoms with Crippen molar-refractivity contribution in [3.8, 4) is 0 Å². The van der Waals surface area contributed by atoms with Crippen LogP contribution in [0, 0.1) is 0 Å². The van der Waals surface area contributed by atoms with Crippen molar-refractivity contribution in [3.05, 3.63) is 0 Å². The van der Waals surface area contributed by atoms with Crippen LogP contribution >= 0.6 is 0 Å². The summed E-state index contributed by atoms with van der Waals surface area (Å²) in [7, 11) is 0. The van der Waals surface area contributed by atoms with Crippen LogP contribution in [0.5, 0.6) is 0 Å². The Labute approximate surface area is 67.6 Å². The molecular weight excluding hydrogens is 144 g/mol. The van der Waals surface area contributed by atoms with E-state index in [0.29, 0.717) is 6.61 Å². The summed E-state index contributed by atoms with van der Waals surface area (Å²) in [6, 6.07) is 0. The molecule has 0 bridgehead atoms. The van der Waals surface area contributed by atoms with Crippen LogP contribution in [0.25, 0.3) is 0 Å². The predicted octanol–water partition coefficient (Wildman–Crippen LogP) is 1.52. The molecule has 1 fully saturated rings. The van der Waals surface area contributed by atoms with E-state index < -0.39 is 5.97 Å². The van der Waals surface area contributed by atoms with Crippen LogP contribution in [0.15, 0.2) is 0 Å². The van der Waals surface area contributed by atoms with Gasteiger partial charge >= 0.3 is 0 Å². The van der Waals surface area contributed by atoms with Crippen LogP contribution < -0.4 is 0 Å². The average molecular weight is 160 g/mol. The standard InChI is InChI=1S/C8H16O3/c1-5-9-8(4)10-6(2)7(3)11-8/h6-7H,5H2,1-4H3/t6-,7-/m0/s1. The molecule has 0 amide bonds. The van der Waals surface area contributed by atoms with Gasteiger partial charge in [-0.15, -0.1) is 0 Å². The van der Waals surface area contributed by atoms with Crippen molar-refractivity contribution >= 4 is 0 Å². The Bertz CT molecular complexity index is 125. The third-order valence-electron chi connectivity index (χ3n) is 1.87. The second-order valence-electron chi connectivity index (χ2n) is 2.94. The monoisotopic (exact) mass is 160 g/mol. The summed E-state index contributed by atoms with van der Waals surface area (Å²) < 4.78 is 16.2. The molecule has 1 aliphatic heterocycles. The number of rotatable bonds is 2. The molecule has 3 heteroatoms. The van der Waals surface area contributed by atoms with Gasteiger partial charge in [0, 0.05) is 13.5 Å². The van der Waals surface area contributed by atoms with Crippen LogP contribution in [-0.4, -0.2) is 24.8 Å². The first-order chi connectivity index (χ1) is 5.07. The van der Waals surface area contributed by atoms with Crippen LogP contribution in [0.2, 0.25) is 0 Å². The first-order valence-corrected chi connectivity index (χ1v) is 4.07. The smallest absolute Gasteiger partial charge is 0.280 e. The van der Waals surface area contributed by atoms with E-state index in [4.69, 9.17) is 14.2 Å². The van der Waals surface area contributed by atoms with Crippen molar-refractivity contribution in [2.45, 2.75) is 45.9 Å². The first-order valence-electron chi connectivity index (χ1n) is 4.07. The molecule has 0 aromatic rings. The molecule has 66 valence electrons. The minimum atomic E-state index is -0.812. The molecule has 3 nitrogen and oxygen atoms in total. The molecule has 0 aliphatic carbocycles. The highest BCUT2D eigenvalue weighted by Crippen LogP contribution is 2.28. The zero-order valence-corrected chi connectivity index (χ0v) is 7.59. The zero-order chi connectivity index (χ0) is 8.48. The van der Waals surface area contributed by atoms with Gasteiger partial charge in [-0.2, -0.15) is 0 Å². The highest BCUT2D eigenvalue weighted by Gasteiger charge is 2.40. The summed E-state index contributed by atoms with van der Waals surface area (Å²) in [5, 5.41) is 0. The Morgan fingerprint density at radius 3 is 2.09 bits per heavy atom. The molecule has 0 unspecified atom stereocenters. The number of ether oxygens (including phenoxy) is 3. The van der Waals surface area contributed by atoms with E-state index in [2.05, 4.69) is 0 Å². The lowest BCUT2D eigenvalue weighted by atomic mass is 10.3. The summed E-state index contributed by atoms with van der Waals surface area (Å²) in [6.07, 6.45) is 0.234. The van der Waals surface area contributed by atoms with Crippen LogP contribution in [-0.2, 0) is 14.2 Å². The van der Waals surface area contributed by atoms with Gasteiger partial charge < -0.3 is 14.2 Å². The maximum atomic E-state index is 5.46. The van der Waals surface area contributed by atoms with Crippen molar-refractivity contribution in [3.63, 3.8) is 0 Å². The molecule has 1 aliphatic rings. The van der Waals surface area contributed by atoms with Crippen molar-refractivity contribution in [2.24, 2.45) is 0 Å². The lowest BCUT2D eigenvalue weighted by Crippen LogP contribution is -2.30. The van der Waals surface area contributed by atoms with E-state index in [1.807, 2.05) is 20.8 Å². The molecule has 0 spiro atoms. The van der Waals surface area contributed by atoms with Gasteiger partial charge in [-0.05, 0) is 20.8 Å². The van der Waals surface area contributed by atoms with E-state index in [-0.39, 0.29) is 12.2 Å². The quantitative estimate of drug-likeness (QED) is 0.613. The Balaban J connectivity index is 2.49. The second-order valence-corrected chi connectivity index (χ2v) is 2.94. The van der Waals surface area contributed by atoms with Gasteiger partial charge in [0.1, 0.15) is 0 Å². The molecule has 1 heterocycles. The molecule has 0 aromatic heterocycles. The highest BCUT2D eigenvalue weighted by atomic mass is 16.9. The topological polar surface area (TPSA) is 27.7 Å². The summed E-state index contributed by atoms with van der Waals surface area (Å²) in [4.78, 5) is 0. The van der Waals surface area contributed by atoms with E-state index in [9.17, 15) is 0 Å².